The molecule has 0 aromatic carbocycles. The van der Waals surface area contributed by atoms with Crippen molar-refractivity contribution in [3.05, 3.63) is 18.5 Å². The Morgan fingerprint density at radius 2 is 1.80 bits per heavy atom. The lowest BCUT2D eigenvalue weighted by molar-refractivity contribution is 0.414. The molecule has 2 fully saturated rings. The van der Waals surface area contributed by atoms with Gasteiger partial charge in [0.25, 0.3) is 0 Å². The Bertz CT molecular complexity index is 318. The normalized spacial score (nSPS) is 34.3. The topological polar surface area (TPSA) is 37.8 Å². The molecule has 15 heavy (non-hydrogen) atoms. The van der Waals surface area contributed by atoms with Gasteiger partial charge in [0.1, 0.15) is 0 Å². The molecule has 1 aromatic rings. The molecule has 0 amide bonds. The fraction of sp³-hybridized carbons (Fsp3) is 0.636. The Labute approximate surface area is 94.1 Å². The predicted molar refractivity (Wildman–Crippen MR) is 60.9 cm³/mol. The second-order valence-corrected chi connectivity index (χ2v) is 5.65. The lowest BCUT2D eigenvalue weighted by atomic mass is 10.1. The molecule has 80 valence electrons. The Morgan fingerprint density at radius 3 is 2.47 bits per heavy atom. The molecule has 0 radical (unpaired) electrons. The molecule has 2 aliphatic rings. The fourth-order valence-corrected chi connectivity index (χ4v) is 3.80. The lowest BCUT2D eigenvalue weighted by Gasteiger charge is -2.27. The standard InChI is InChI=1S/C11H15N3S/c1-4-12-11(13-5-1)15-10-6-8-2-3-9(7-10)14-8/h1,4-5,8-10,14H,2-3,6-7H2. The average molecular weight is 221 g/mol. The third-order valence-corrected chi connectivity index (χ3v) is 4.38. The van der Waals surface area contributed by atoms with Crippen molar-refractivity contribution in [2.45, 2.75) is 48.2 Å². The zero-order valence-electron chi connectivity index (χ0n) is 8.60. The van der Waals surface area contributed by atoms with Crippen LogP contribution >= 0.6 is 11.8 Å². The van der Waals surface area contributed by atoms with E-state index in [1.54, 1.807) is 0 Å². The second-order valence-electron chi connectivity index (χ2n) is 4.38. The molecule has 1 aromatic heterocycles. The van der Waals surface area contributed by atoms with Gasteiger partial charge in [-0.3, -0.25) is 0 Å². The smallest absolute Gasteiger partial charge is 0.187 e. The van der Waals surface area contributed by atoms with Crippen LogP contribution in [-0.2, 0) is 0 Å². The first-order valence-corrected chi connectivity index (χ1v) is 6.48. The minimum atomic E-state index is 0.714. The third kappa shape index (κ3) is 2.16. The maximum absolute atomic E-state index is 4.27. The van der Waals surface area contributed by atoms with Crippen LogP contribution < -0.4 is 5.32 Å². The molecule has 2 unspecified atom stereocenters. The number of nitrogens with zero attached hydrogens (tertiary/aromatic N) is 2. The first kappa shape index (κ1) is 9.60. The van der Waals surface area contributed by atoms with Crippen LogP contribution in [0.15, 0.2) is 23.6 Å². The van der Waals surface area contributed by atoms with Gasteiger partial charge in [-0.1, -0.05) is 11.8 Å². The van der Waals surface area contributed by atoms with Gasteiger partial charge in [-0.15, -0.1) is 0 Å². The van der Waals surface area contributed by atoms with Gasteiger partial charge in [0.15, 0.2) is 5.16 Å². The Kier molecular flexibility index (Phi) is 2.63. The largest absolute Gasteiger partial charge is 0.311 e. The highest BCUT2D eigenvalue weighted by Gasteiger charge is 2.34. The van der Waals surface area contributed by atoms with E-state index in [0.29, 0.717) is 5.25 Å². The van der Waals surface area contributed by atoms with E-state index in [1.807, 2.05) is 30.2 Å². The molecule has 3 rings (SSSR count). The highest BCUT2D eigenvalue weighted by atomic mass is 32.2. The third-order valence-electron chi connectivity index (χ3n) is 3.24. The SMILES string of the molecule is c1cnc(SC2CC3CCC(C2)N3)nc1. The first-order valence-electron chi connectivity index (χ1n) is 5.60. The summed E-state index contributed by atoms with van der Waals surface area (Å²) in [5, 5.41) is 5.30. The van der Waals surface area contributed by atoms with Crippen molar-refractivity contribution in [3.63, 3.8) is 0 Å². The number of rotatable bonds is 2. The van der Waals surface area contributed by atoms with Crippen LogP contribution in [0.4, 0.5) is 0 Å². The molecule has 1 N–H and O–H groups in total. The first-order chi connectivity index (χ1) is 7.40. The minimum absolute atomic E-state index is 0.714. The summed E-state index contributed by atoms with van der Waals surface area (Å²) >= 11 is 1.85. The van der Waals surface area contributed by atoms with Gasteiger partial charge in [0, 0.05) is 29.7 Å². The van der Waals surface area contributed by atoms with Crippen LogP contribution in [0.1, 0.15) is 25.7 Å². The monoisotopic (exact) mass is 221 g/mol. The van der Waals surface area contributed by atoms with Gasteiger partial charge in [0.2, 0.25) is 0 Å². The zero-order chi connectivity index (χ0) is 10.1. The van der Waals surface area contributed by atoms with E-state index in [4.69, 9.17) is 0 Å². The zero-order valence-corrected chi connectivity index (χ0v) is 9.41. The van der Waals surface area contributed by atoms with Crippen molar-refractivity contribution in [2.75, 3.05) is 0 Å². The van der Waals surface area contributed by atoms with Crippen molar-refractivity contribution >= 4 is 11.8 Å². The number of hydrogen-bond donors (Lipinski definition) is 1. The Hall–Kier alpha value is -0.610. The minimum Gasteiger partial charge on any atom is -0.311 e. The molecule has 2 bridgehead atoms. The molecule has 0 saturated carbocycles. The van der Waals surface area contributed by atoms with Gasteiger partial charge in [-0.05, 0) is 31.7 Å². The quantitative estimate of drug-likeness (QED) is 0.773. The summed E-state index contributed by atoms with van der Waals surface area (Å²) in [6.45, 7) is 0. The number of aromatic nitrogens is 2. The van der Waals surface area contributed by atoms with Gasteiger partial charge in [0.05, 0.1) is 0 Å². The molecule has 3 heterocycles. The van der Waals surface area contributed by atoms with Crippen molar-refractivity contribution in [1.29, 1.82) is 0 Å². The molecule has 2 saturated heterocycles. The van der Waals surface area contributed by atoms with E-state index in [1.165, 1.54) is 25.7 Å². The van der Waals surface area contributed by atoms with Gasteiger partial charge >= 0.3 is 0 Å². The van der Waals surface area contributed by atoms with E-state index in [-0.39, 0.29) is 0 Å². The van der Waals surface area contributed by atoms with Crippen LogP contribution in [-0.4, -0.2) is 27.3 Å². The van der Waals surface area contributed by atoms with Crippen LogP contribution in [0, 0.1) is 0 Å². The van der Waals surface area contributed by atoms with E-state index in [0.717, 1.165) is 17.2 Å². The van der Waals surface area contributed by atoms with E-state index in [2.05, 4.69) is 15.3 Å². The van der Waals surface area contributed by atoms with Gasteiger partial charge in [-0.25, -0.2) is 9.97 Å². The molecule has 2 atom stereocenters. The molecule has 3 nitrogen and oxygen atoms in total. The predicted octanol–water partition coefficient (Wildman–Crippen LogP) is 1.85. The summed E-state index contributed by atoms with van der Waals surface area (Å²) in [6, 6.07) is 3.38. The summed E-state index contributed by atoms with van der Waals surface area (Å²) in [4.78, 5) is 8.55. The van der Waals surface area contributed by atoms with Gasteiger partial charge < -0.3 is 5.32 Å². The summed E-state index contributed by atoms with van der Waals surface area (Å²) in [5.41, 5.74) is 0. The van der Waals surface area contributed by atoms with Crippen LogP contribution in [0.5, 0.6) is 0 Å². The lowest BCUT2D eigenvalue weighted by Crippen LogP contribution is -2.39. The number of piperidine rings is 1. The number of nitrogens with one attached hydrogen (secondary N) is 1. The van der Waals surface area contributed by atoms with Crippen LogP contribution in [0.2, 0.25) is 0 Å². The van der Waals surface area contributed by atoms with E-state index >= 15 is 0 Å². The van der Waals surface area contributed by atoms with Crippen molar-refractivity contribution in [2.24, 2.45) is 0 Å². The molecule has 0 spiro atoms. The second kappa shape index (κ2) is 4.10. The van der Waals surface area contributed by atoms with E-state index in [9.17, 15) is 0 Å². The Morgan fingerprint density at radius 1 is 1.13 bits per heavy atom. The maximum Gasteiger partial charge on any atom is 0.187 e. The Balaban J connectivity index is 1.65. The average Bonchev–Trinajstić information content (AvgIpc) is 2.60. The van der Waals surface area contributed by atoms with Crippen LogP contribution in [0.3, 0.4) is 0 Å². The summed E-state index contributed by atoms with van der Waals surface area (Å²) in [7, 11) is 0. The molecule has 4 heteroatoms. The van der Waals surface area contributed by atoms with Crippen molar-refractivity contribution < 1.29 is 0 Å². The van der Waals surface area contributed by atoms with Gasteiger partial charge in [-0.2, -0.15) is 0 Å². The molecular formula is C11H15N3S. The molecule has 0 aliphatic carbocycles. The highest BCUT2D eigenvalue weighted by Crippen LogP contribution is 2.35. The number of thioether (sulfide) groups is 1. The molecular weight excluding hydrogens is 206 g/mol. The summed E-state index contributed by atoms with van der Waals surface area (Å²) in [5.74, 6) is 0. The fourth-order valence-electron chi connectivity index (χ4n) is 2.60. The summed E-state index contributed by atoms with van der Waals surface area (Å²) in [6.07, 6.45) is 8.92. The number of hydrogen-bond acceptors (Lipinski definition) is 4. The molecule has 2 aliphatic heterocycles. The summed E-state index contributed by atoms with van der Waals surface area (Å²) < 4.78 is 0. The van der Waals surface area contributed by atoms with Crippen LogP contribution in [0.25, 0.3) is 0 Å². The maximum atomic E-state index is 4.27. The van der Waals surface area contributed by atoms with E-state index < -0.39 is 0 Å². The van der Waals surface area contributed by atoms with Crippen molar-refractivity contribution in [3.8, 4) is 0 Å². The number of fused-ring (bicyclic) bond motifs is 2. The highest BCUT2D eigenvalue weighted by molar-refractivity contribution is 7.99. The van der Waals surface area contributed by atoms with Crippen molar-refractivity contribution in [1.82, 2.24) is 15.3 Å².